The van der Waals surface area contributed by atoms with Gasteiger partial charge in [0.05, 0.1) is 7.11 Å². The minimum Gasteiger partial charge on any atom is -0.493 e. The summed E-state index contributed by atoms with van der Waals surface area (Å²) in [5.41, 5.74) is 1.48. The summed E-state index contributed by atoms with van der Waals surface area (Å²) >= 11 is 5.08. The van der Waals surface area contributed by atoms with Gasteiger partial charge >= 0.3 is 0 Å². The van der Waals surface area contributed by atoms with Crippen LogP contribution in [0, 0.1) is 0 Å². The van der Waals surface area contributed by atoms with Crippen molar-refractivity contribution in [3.05, 3.63) is 77.9 Å². The van der Waals surface area contributed by atoms with Gasteiger partial charge in [-0.1, -0.05) is 48.5 Å². The second kappa shape index (κ2) is 9.16. The Hall–Kier alpha value is -3.45. The van der Waals surface area contributed by atoms with Gasteiger partial charge in [-0.25, -0.2) is 0 Å². The predicted octanol–water partition coefficient (Wildman–Crippen LogP) is 3.09. The van der Waals surface area contributed by atoms with Crippen molar-refractivity contribution in [3.8, 4) is 11.5 Å². The molecule has 148 valence electrons. The molecule has 0 radical (unpaired) electrons. The molecule has 1 aliphatic rings. The molecule has 0 bridgehead atoms. The molecule has 3 rings (SSSR count). The van der Waals surface area contributed by atoms with Crippen LogP contribution in [-0.2, 0) is 16.2 Å². The topological polar surface area (TPSA) is 67.9 Å². The van der Waals surface area contributed by atoms with Crippen molar-refractivity contribution in [3.63, 3.8) is 0 Å². The van der Waals surface area contributed by atoms with Gasteiger partial charge in [-0.15, -0.1) is 6.58 Å². The van der Waals surface area contributed by atoms with Crippen molar-refractivity contribution in [1.29, 1.82) is 0 Å². The van der Waals surface area contributed by atoms with Crippen molar-refractivity contribution in [1.82, 2.24) is 10.2 Å². The van der Waals surface area contributed by atoms with E-state index in [1.54, 1.807) is 24.3 Å². The molecule has 2 aromatic carbocycles. The number of benzene rings is 2. The number of thiocarbonyl (C=S) groups is 1. The van der Waals surface area contributed by atoms with Crippen LogP contribution < -0.4 is 14.8 Å². The monoisotopic (exact) mass is 408 g/mol. The second-order valence-electron chi connectivity index (χ2n) is 6.17. The lowest BCUT2D eigenvalue weighted by Gasteiger charge is -2.28. The summed E-state index contributed by atoms with van der Waals surface area (Å²) < 4.78 is 11.4. The molecule has 0 aromatic heterocycles. The van der Waals surface area contributed by atoms with E-state index in [2.05, 4.69) is 11.9 Å². The molecule has 1 heterocycles. The average Bonchev–Trinajstić information content (AvgIpc) is 2.73. The van der Waals surface area contributed by atoms with Crippen molar-refractivity contribution in [2.75, 3.05) is 13.7 Å². The fourth-order valence-electron chi connectivity index (χ4n) is 2.84. The Morgan fingerprint density at radius 3 is 2.59 bits per heavy atom. The molecular formula is C22H20N2O4S. The highest BCUT2D eigenvalue weighted by Gasteiger charge is 2.33. The van der Waals surface area contributed by atoms with Gasteiger partial charge in [0.1, 0.15) is 12.2 Å². The minimum absolute atomic E-state index is 0.0433. The van der Waals surface area contributed by atoms with Gasteiger partial charge in [0.15, 0.2) is 16.6 Å². The maximum Gasteiger partial charge on any atom is 0.265 e. The molecule has 0 atom stereocenters. The summed E-state index contributed by atoms with van der Waals surface area (Å²) in [4.78, 5) is 26.5. The molecule has 0 aliphatic carbocycles. The van der Waals surface area contributed by atoms with Crippen LogP contribution in [0.1, 0.15) is 11.1 Å². The summed E-state index contributed by atoms with van der Waals surface area (Å²) in [5, 5.41) is 2.59. The van der Waals surface area contributed by atoms with Crippen molar-refractivity contribution >= 4 is 35.2 Å². The molecular weight excluding hydrogens is 388 g/mol. The number of nitrogens with one attached hydrogen (secondary N) is 1. The van der Waals surface area contributed by atoms with Crippen LogP contribution in [0.25, 0.3) is 6.08 Å². The maximum absolute atomic E-state index is 12.8. The van der Waals surface area contributed by atoms with Crippen molar-refractivity contribution < 1.29 is 19.1 Å². The lowest BCUT2D eigenvalue weighted by Crippen LogP contribution is -2.53. The second-order valence-corrected chi connectivity index (χ2v) is 6.56. The van der Waals surface area contributed by atoms with Gasteiger partial charge in [-0.3, -0.25) is 19.8 Å². The first-order valence-corrected chi connectivity index (χ1v) is 9.29. The first kappa shape index (κ1) is 20.3. The van der Waals surface area contributed by atoms with Crippen LogP contribution in [-0.4, -0.2) is 35.5 Å². The lowest BCUT2D eigenvalue weighted by molar-refractivity contribution is -0.128. The van der Waals surface area contributed by atoms with Gasteiger partial charge in [0.2, 0.25) is 0 Å². The molecule has 1 fully saturated rings. The summed E-state index contributed by atoms with van der Waals surface area (Å²) in [6.07, 6.45) is 3.03. The first-order valence-electron chi connectivity index (χ1n) is 8.88. The molecule has 1 N–H and O–H groups in total. The Kier molecular flexibility index (Phi) is 6.41. The average molecular weight is 408 g/mol. The third kappa shape index (κ3) is 4.52. The molecule has 0 spiro atoms. The summed E-state index contributed by atoms with van der Waals surface area (Å²) in [5.74, 6) is -0.111. The highest BCUT2D eigenvalue weighted by atomic mass is 32.1. The fourth-order valence-corrected chi connectivity index (χ4v) is 3.09. The van der Waals surface area contributed by atoms with Crippen LogP contribution >= 0.6 is 12.2 Å². The summed E-state index contributed by atoms with van der Waals surface area (Å²) in [7, 11) is 1.53. The number of hydrogen-bond acceptors (Lipinski definition) is 5. The molecule has 1 aliphatic heterocycles. The molecule has 7 heteroatoms. The molecule has 2 aromatic rings. The van der Waals surface area contributed by atoms with Crippen LogP contribution in [0.4, 0.5) is 0 Å². The molecule has 0 unspecified atom stereocenters. The number of ether oxygens (including phenoxy) is 2. The zero-order valence-electron chi connectivity index (χ0n) is 15.9. The number of rotatable bonds is 7. The Labute approximate surface area is 174 Å². The van der Waals surface area contributed by atoms with E-state index in [-0.39, 0.29) is 17.2 Å². The summed E-state index contributed by atoms with van der Waals surface area (Å²) in [6.45, 7) is 4.13. The van der Waals surface area contributed by atoms with E-state index < -0.39 is 11.8 Å². The van der Waals surface area contributed by atoms with Crippen LogP contribution in [0.5, 0.6) is 11.5 Å². The Bertz CT molecular complexity index is 986. The van der Waals surface area contributed by atoms with Crippen LogP contribution in [0.15, 0.2) is 66.8 Å². The van der Waals surface area contributed by atoms with E-state index in [4.69, 9.17) is 21.7 Å². The number of amides is 2. The number of nitrogens with zero attached hydrogens (tertiary/aromatic N) is 1. The van der Waals surface area contributed by atoms with E-state index in [0.717, 1.165) is 5.56 Å². The first-order chi connectivity index (χ1) is 14.0. The van der Waals surface area contributed by atoms with Gasteiger partial charge in [0.25, 0.3) is 11.8 Å². The third-order valence-electron chi connectivity index (χ3n) is 4.25. The predicted molar refractivity (Wildman–Crippen MR) is 114 cm³/mol. The standard InChI is InChI=1S/C22H20N2O4S/c1-3-12-24-21(26)17(20(25)23-22(24)29)13-16-10-7-11-18(27-2)19(16)28-14-15-8-5-4-6-9-15/h3-11,13H,1,12,14H2,2H3,(H,23,25,29). The number of hydrogen-bond donors (Lipinski definition) is 1. The number of carbonyl (C=O) groups excluding carboxylic acids is 2. The van der Waals surface area contributed by atoms with Gasteiger partial charge < -0.3 is 9.47 Å². The molecule has 2 amide bonds. The van der Waals surface area contributed by atoms with E-state index in [1.807, 2.05) is 30.3 Å². The normalized spacial score (nSPS) is 15.3. The molecule has 6 nitrogen and oxygen atoms in total. The highest BCUT2D eigenvalue weighted by molar-refractivity contribution is 7.80. The Morgan fingerprint density at radius 2 is 1.90 bits per heavy atom. The quantitative estimate of drug-likeness (QED) is 0.330. The number of methoxy groups -OCH3 is 1. The SMILES string of the molecule is C=CCN1C(=O)C(=Cc2cccc(OC)c2OCc2ccccc2)C(=O)NC1=S. The zero-order valence-corrected chi connectivity index (χ0v) is 16.7. The smallest absolute Gasteiger partial charge is 0.265 e. The highest BCUT2D eigenvalue weighted by Crippen LogP contribution is 2.33. The van der Waals surface area contributed by atoms with E-state index in [9.17, 15) is 9.59 Å². The Morgan fingerprint density at radius 1 is 1.14 bits per heavy atom. The van der Waals surface area contributed by atoms with Crippen LogP contribution in [0.3, 0.4) is 0 Å². The summed E-state index contributed by atoms with van der Waals surface area (Å²) in [6, 6.07) is 14.9. The molecule has 1 saturated heterocycles. The molecule has 0 saturated carbocycles. The third-order valence-corrected chi connectivity index (χ3v) is 4.58. The number of carbonyl (C=O) groups is 2. The lowest BCUT2D eigenvalue weighted by atomic mass is 10.1. The largest absolute Gasteiger partial charge is 0.493 e. The van der Waals surface area contributed by atoms with Crippen molar-refractivity contribution in [2.24, 2.45) is 0 Å². The minimum atomic E-state index is -0.558. The number of para-hydroxylation sites is 1. The van der Waals surface area contributed by atoms with Gasteiger partial charge in [-0.2, -0.15) is 0 Å². The fraction of sp³-hybridized carbons (Fsp3) is 0.136. The maximum atomic E-state index is 12.8. The van der Waals surface area contributed by atoms with Gasteiger partial charge in [-0.05, 0) is 29.9 Å². The Balaban J connectivity index is 1.97. The van der Waals surface area contributed by atoms with Gasteiger partial charge in [0, 0.05) is 12.1 Å². The molecule has 29 heavy (non-hydrogen) atoms. The van der Waals surface area contributed by atoms with E-state index >= 15 is 0 Å². The van der Waals surface area contributed by atoms with E-state index in [0.29, 0.717) is 23.7 Å². The van der Waals surface area contributed by atoms with Crippen molar-refractivity contribution in [2.45, 2.75) is 6.61 Å². The van der Waals surface area contributed by atoms with Crippen LogP contribution in [0.2, 0.25) is 0 Å². The zero-order chi connectivity index (χ0) is 20.8. The van der Waals surface area contributed by atoms with E-state index in [1.165, 1.54) is 18.1 Å².